The Morgan fingerprint density at radius 2 is 2.14 bits per heavy atom. The lowest BCUT2D eigenvalue weighted by Gasteiger charge is -2.36. The predicted octanol–water partition coefficient (Wildman–Crippen LogP) is 2.23. The Morgan fingerprint density at radius 3 is 2.79 bits per heavy atom. The second kappa shape index (κ2) is 2.34. The van der Waals surface area contributed by atoms with E-state index in [1.807, 2.05) is 0 Å². The first-order chi connectivity index (χ1) is 6.53. The van der Waals surface area contributed by atoms with Crippen LogP contribution in [0.2, 0.25) is 0 Å². The van der Waals surface area contributed by atoms with E-state index in [4.69, 9.17) is 4.74 Å². The highest BCUT2D eigenvalue weighted by molar-refractivity contribution is 5.76. The van der Waals surface area contributed by atoms with Crippen LogP contribution in [0, 0.1) is 29.1 Å². The smallest absolute Gasteiger partial charge is 0.309 e. The summed E-state index contributed by atoms with van der Waals surface area (Å²) in [5.74, 6) is 2.14. The fourth-order valence-electron chi connectivity index (χ4n) is 4.52. The molecule has 0 aromatic carbocycles. The van der Waals surface area contributed by atoms with Gasteiger partial charge in [0.2, 0.25) is 0 Å². The second-order valence-electron chi connectivity index (χ2n) is 6.00. The molecular formula is C12H18O2. The predicted molar refractivity (Wildman–Crippen MR) is 52.5 cm³/mol. The number of carbonyl (C=O) groups excluding carboxylic acids is 1. The largest absolute Gasteiger partial charge is 0.461 e. The third-order valence-corrected chi connectivity index (χ3v) is 4.76. The van der Waals surface area contributed by atoms with Crippen LogP contribution in [0.1, 0.15) is 33.6 Å². The zero-order chi connectivity index (χ0) is 10.1. The molecule has 5 atom stereocenters. The molecule has 1 saturated heterocycles. The lowest BCUT2D eigenvalue weighted by atomic mass is 9.68. The van der Waals surface area contributed by atoms with Crippen molar-refractivity contribution in [3.05, 3.63) is 0 Å². The summed E-state index contributed by atoms with van der Waals surface area (Å²) in [6.45, 7) is 6.88. The minimum atomic E-state index is 0.0897. The van der Waals surface area contributed by atoms with E-state index >= 15 is 0 Å². The fraction of sp³-hybridized carbons (Fsp3) is 0.917. The molecule has 5 unspecified atom stereocenters. The van der Waals surface area contributed by atoms with Crippen LogP contribution in [0.25, 0.3) is 0 Å². The van der Waals surface area contributed by atoms with Gasteiger partial charge in [0.05, 0.1) is 5.92 Å². The van der Waals surface area contributed by atoms with Crippen LogP contribution in [0.3, 0.4) is 0 Å². The van der Waals surface area contributed by atoms with Crippen molar-refractivity contribution >= 4 is 5.97 Å². The van der Waals surface area contributed by atoms with Gasteiger partial charge in [-0.1, -0.05) is 20.8 Å². The van der Waals surface area contributed by atoms with Crippen molar-refractivity contribution < 1.29 is 9.53 Å². The van der Waals surface area contributed by atoms with Crippen LogP contribution >= 0.6 is 0 Å². The molecule has 2 heteroatoms. The lowest BCUT2D eigenvalue weighted by molar-refractivity contribution is -0.144. The normalized spacial score (nSPS) is 54.4. The van der Waals surface area contributed by atoms with Crippen molar-refractivity contribution in [2.75, 3.05) is 0 Å². The number of fused-ring (bicyclic) bond motifs is 1. The highest BCUT2D eigenvalue weighted by Gasteiger charge is 2.67. The Bertz CT molecular complexity index is 297. The van der Waals surface area contributed by atoms with Crippen LogP contribution < -0.4 is 0 Å². The number of rotatable bonds is 1. The van der Waals surface area contributed by atoms with E-state index in [1.54, 1.807) is 0 Å². The van der Waals surface area contributed by atoms with Gasteiger partial charge >= 0.3 is 5.97 Å². The number of hydrogen-bond donors (Lipinski definition) is 0. The summed E-state index contributed by atoms with van der Waals surface area (Å²) >= 11 is 0. The summed E-state index contributed by atoms with van der Waals surface area (Å²) in [6.07, 6.45) is 2.55. The van der Waals surface area contributed by atoms with E-state index in [-0.39, 0.29) is 18.0 Å². The van der Waals surface area contributed by atoms with Gasteiger partial charge in [-0.2, -0.15) is 0 Å². The van der Waals surface area contributed by atoms with Crippen LogP contribution in [-0.4, -0.2) is 12.1 Å². The van der Waals surface area contributed by atoms with Crippen molar-refractivity contribution in [3.8, 4) is 0 Å². The number of hydrogen-bond acceptors (Lipinski definition) is 2. The van der Waals surface area contributed by atoms with Gasteiger partial charge in [-0.15, -0.1) is 0 Å². The molecule has 14 heavy (non-hydrogen) atoms. The third-order valence-electron chi connectivity index (χ3n) is 4.76. The Kier molecular flexibility index (Phi) is 1.46. The van der Waals surface area contributed by atoms with E-state index in [1.165, 1.54) is 6.42 Å². The highest BCUT2D eigenvalue weighted by Crippen LogP contribution is 2.65. The molecular weight excluding hydrogens is 176 g/mol. The van der Waals surface area contributed by atoms with Crippen LogP contribution in [-0.2, 0) is 9.53 Å². The van der Waals surface area contributed by atoms with E-state index in [0.29, 0.717) is 23.2 Å². The zero-order valence-corrected chi connectivity index (χ0v) is 9.12. The third kappa shape index (κ3) is 0.807. The summed E-state index contributed by atoms with van der Waals surface area (Å²) in [5.41, 5.74) is 0.389. The second-order valence-corrected chi connectivity index (χ2v) is 6.00. The van der Waals surface area contributed by atoms with Crippen LogP contribution in [0.5, 0.6) is 0 Å². The topological polar surface area (TPSA) is 26.3 Å². The van der Waals surface area contributed by atoms with E-state index in [9.17, 15) is 4.79 Å². The Balaban J connectivity index is 2.01. The molecule has 2 saturated carbocycles. The summed E-state index contributed by atoms with van der Waals surface area (Å²) < 4.78 is 5.54. The molecule has 3 fully saturated rings. The van der Waals surface area contributed by atoms with Gasteiger partial charge in [-0.25, -0.2) is 0 Å². The molecule has 0 aromatic heterocycles. The Hall–Kier alpha value is -0.530. The van der Waals surface area contributed by atoms with Gasteiger partial charge in [0.25, 0.3) is 0 Å². The van der Waals surface area contributed by atoms with E-state index < -0.39 is 0 Å². The molecule has 2 nitrogen and oxygen atoms in total. The molecule has 0 amide bonds. The molecule has 3 rings (SSSR count). The molecule has 1 aliphatic heterocycles. The SMILES string of the molecule is CC(C)C1C2OC(=O)C3CC1(C)CC32. The summed E-state index contributed by atoms with van der Waals surface area (Å²) in [5, 5.41) is 0. The van der Waals surface area contributed by atoms with Gasteiger partial charge in [0, 0.05) is 11.8 Å². The molecule has 0 N–H and O–H groups in total. The first-order valence-electron chi connectivity index (χ1n) is 5.73. The minimum Gasteiger partial charge on any atom is -0.461 e. The van der Waals surface area contributed by atoms with Crippen molar-refractivity contribution in [3.63, 3.8) is 0 Å². The number of esters is 1. The molecule has 0 spiro atoms. The van der Waals surface area contributed by atoms with Gasteiger partial charge in [-0.3, -0.25) is 4.79 Å². The average Bonchev–Trinajstić information content (AvgIpc) is 2.57. The standard InChI is InChI=1S/C12H18O2/c1-6(2)9-10-7-4-12(9,3)5-8(7)11(13)14-10/h6-10H,4-5H2,1-3H3. The average molecular weight is 194 g/mol. The number of ether oxygens (including phenoxy) is 1. The zero-order valence-electron chi connectivity index (χ0n) is 9.12. The minimum absolute atomic E-state index is 0.0897. The van der Waals surface area contributed by atoms with Gasteiger partial charge < -0.3 is 4.74 Å². The Morgan fingerprint density at radius 1 is 1.43 bits per heavy atom. The van der Waals surface area contributed by atoms with Crippen LogP contribution in [0.15, 0.2) is 0 Å². The highest BCUT2D eigenvalue weighted by atomic mass is 16.6. The van der Waals surface area contributed by atoms with Gasteiger partial charge in [0.1, 0.15) is 6.10 Å². The molecule has 1 heterocycles. The Labute approximate surface area is 85.0 Å². The monoisotopic (exact) mass is 194 g/mol. The van der Waals surface area contributed by atoms with Crippen molar-refractivity contribution in [1.82, 2.24) is 0 Å². The summed E-state index contributed by atoms with van der Waals surface area (Å²) in [6, 6.07) is 0. The van der Waals surface area contributed by atoms with Gasteiger partial charge in [0.15, 0.2) is 0 Å². The lowest BCUT2D eigenvalue weighted by Crippen LogP contribution is -2.35. The van der Waals surface area contributed by atoms with Crippen molar-refractivity contribution in [2.45, 2.75) is 39.7 Å². The van der Waals surface area contributed by atoms with E-state index in [2.05, 4.69) is 20.8 Å². The molecule has 0 aromatic rings. The van der Waals surface area contributed by atoms with Gasteiger partial charge in [-0.05, 0) is 24.2 Å². The molecule has 0 radical (unpaired) electrons. The first kappa shape index (κ1) is 8.75. The summed E-state index contributed by atoms with van der Waals surface area (Å²) in [7, 11) is 0. The maximum Gasteiger partial charge on any atom is 0.309 e. The van der Waals surface area contributed by atoms with Crippen LogP contribution in [0.4, 0.5) is 0 Å². The summed E-state index contributed by atoms with van der Waals surface area (Å²) in [4.78, 5) is 11.6. The molecule has 3 aliphatic rings. The number of carbonyl (C=O) groups is 1. The maximum absolute atomic E-state index is 11.6. The fourth-order valence-corrected chi connectivity index (χ4v) is 4.52. The maximum atomic E-state index is 11.6. The quantitative estimate of drug-likeness (QED) is 0.598. The first-order valence-corrected chi connectivity index (χ1v) is 5.73. The van der Waals surface area contributed by atoms with Crippen molar-refractivity contribution in [2.24, 2.45) is 29.1 Å². The van der Waals surface area contributed by atoms with E-state index in [0.717, 1.165) is 6.42 Å². The molecule has 2 bridgehead atoms. The molecule has 78 valence electrons. The van der Waals surface area contributed by atoms with Crippen molar-refractivity contribution in [1.29, 1.82) is 0 Å². The molecule has 2 aliphatic carbocycles.